The van der Waals surface area contributed by atoms with E-state index in [0.717, 1.165) is 5.56 Å². The molecule has 2 rings (SSSR count). The van der Waals surface area contributed by atoms with Crippen LogP contribution in [0.1, 0.15) is 22.8 Å². The van der Waals surface area contributed by atoms with Gasteiger partial charge in [0.2, 0.25) is 0 Å². The molecule has 0 spiro atoms. The fourth-order valence-corrected chi connectivity index (χ4v) is 2.50. The van der Waals surface area contributed by atoms with Gasteiger partial charge in [0.25, 0.3) is 5.91 Å². The summed E-state index contributed by atoms with van der Waals surface area (Å²) in [5, 5.41) is 0.552. The first-order valence-electron chi connectivity index (χ1n) is 7.75. The van der Waals surface area contributed by atoms with E-state index in [2.05, 4.69) is 4.74 Å². The lowest BCUT2D eigenvalue weighted by molar-refractivity contribution is -0.137. The van der Waals surface area contributed by atoms with Crippen LogP contribution in [-0.2, 0) is 16.1 Å². The second-order valence-corrected chi connectivity index (χ2v) is 6.04. The first kappa shape index (κ1) is 18.8. The summed E-state index contributed by atoms with van der Waals surface area (Å²) in [6, 6.07) is 13.8. The summed E-state index contributed by atoms with van der Waals surface area (Å²) in [7, 11) is 3.04. The van der Waals surface area contributed by atoms with Crippen molar-refractivity contribution in [3.63, 3.8) is 0 Å². The number of rotatable bonds is 6. The molecule has 0 aromatic heterocycles. The van der Waals surface area contributed by atoms with E-state index < -0.39 is 6.10 Å². The number of amides is 1. The Hall–Kier alpha value is -2.53. The molecular weight excluding hydrogens is 342 g/mol. The van der Waals surface area contributed by atoms with Crippen molar-refractivity contribution in [2.45, 2.75) is 19.6 Å². The van der Waals surface area contributed by atoms with Gasteiger partial charge in [0.15, 0.2) is 6.10 Å². The first-order valence-corrected chi connectivity index (χ1v) is 8.13. The van der Waals surface area contributed by atoms with Crippen molar-refractivity contribution >= 4 is 23.5 Å². The minimum absolute atomic E-state index is 0.156. The van der Waals surface area contributed by atoms with E-state index in [0.29, 0.717) is 22.9 Å². The van der Waals surface area contributed by atoms with Gasteiger partial charge in [-0.15, -0.1) is 0 Å². The van der Waals surface area contributed by atoms with E-state index in [4.69, 9.17) is 16.3 Å². The SMILES string of the molecule is COC(=O)c1ccc(CN(C)C(=O)[C@@H](C)Oc2cccc(Cl)c2)cc1. The molecule has 0 bridgehead atoms. The molecule has 0 aliphatic carbocycles. The summed E-state index contributed by atoms with van der Waals surface area (Å²) in [6.45, 7) is 2.10. The molecular formula is C19H20ClNO4. The summed E-state index contributed by atoms with van der Waals surface area (Å²) in [6.07, 6.45) is -0.641. The molecule has 0 saturated heterocycles. The van der Waals surface area contributed by atoms with Crippen LogP contribution < -0.4 is 4.74 Å². The number of halogens is 1. The number of carbonyl (C=O) groups is 2. The van der Waals surface area contributed by atoms with E-state index >= 15 is 0 Å². The fourth-order valence-electron chi connectivity index (χ4n) is 2.32. The highest BCUT2D eigenvalue weighted by atomic mass is 35.5. The lowest BCUT2D eigenvalue weighted by Gasteiger charge is -2.22. The monoisotopic (exact) mass is 361 g/mol. The van der Waals surface area contributed by atoms with Crippen molar-refractivity contribution in [1.29, 1.82) is 0 Å². The third-order valence-electron chi connectivity index (χ3n) is 3.63. The number of methoxy groups -OCH3 is 1. The van der Waals surface area contributed by atoms with Gasteiger partial charge in [-0.2, -0.15) is 0 Å². The third-order valence-corrected chi connectivity index (χ3v) is 3.86. The highest BCUT2D eigenvalue weighted by Gasteiger charge is 2.19. The highest BCUT2D eigenvalue weighted by Crippen LogP contribution is 2.19. The molecule has 2 aromatic rings. The van der Waals surface area contributed by atoms with E-state index in [1.54, 1.807) is 67.4 Å². The Morgan fingerprint density at radius 3 is 2.44 bits per heavy atom. The van der Waals surface area contributed by atoms with Crippen LogP contribution in [0.5, 0.6) is 5.75 Å². The van der Waals surface area contributed by atoms with Gasteiger partial charge in [0, 0.05) is 18.6 Å². The third kappa shape index (κ3) is 5.22. The van der Waals surface area contributed by atoms with Crippen LogP contribution in [0.3, 0.4) is 0 Å². The second kappa shape index (κ2) is 8.53. The topological polar surface area (TPSA) is 55.8 Å². The van der Waals surface area contributed by atoms with Crippen molar-refractivity contribution in [1.82, 2.24) is 4.90 Å². The summed E-state index contributed by atoms with van der Waals surface area (Å²) < 4.78 is 10.3. The molecule has 0 N–H and O–H groups in total. The Kier molecular flexibility index (Phi) is 6.42. The number of nitrogens with zero attached hydrogens (tertiary/aromatic N) is 1. The maximum Gasteiger partial charge on any atom is 0.337 e. The van der Waals surface area contributed by atoms with Gasteiger partial charge in [-0.3, -0.25) is 4.79 Å². The Balaban J connectivity index is 1.96. The van der Waals surface area contributed by atoms with E-state index in [1.165, 1.54) is 7.11 Å². The minimum Gasteiger partial charge on any atom is -0.481 e. The molecule has 2 aromatic carbocycles. The van der Waals surface area contributed by atoms with Gasteiger partial charge in [-0.1, -0.05) is 29.8 Å². The molecule has 0 saturated carbocycles. The number of ether oxygens (including phenoxy) is 2. The molecule has 5 nitrogen and oxygen atoms in total. The predicted molar refractivity (Wildman–Crippen MR) is 95.8 cm³/mol. The van der Waals surface area contributed by atoms with Gasteiger partial charge < -0.3 is 14.4 Å². The quantitative estimate of drug-likeness (QED) is 0.738. The zero-order chi connectivity index (χ0) is 18.4. The molecule has 25 heavy (non-hydrogen) atoms. The van der Waals surface area contributed by atoms with E-state index in [1.807, 2.05) is 0 Å². The molecule has 0 heterocycles. The number of hydrogen-bond acceptors (Lipinski definition) is 4. The maximum atomic E-state index is 12.5. The lowest BCUT2D eigenvalue weighted by atomic mass is 10.1. The van der Waals surface area contributed by atoms with Crippen LogP contribution >= 0.6 is 11.6 Å². The van der Waals surface area contributed by atoms with Gasteiger partial charge in [0.1, 0.15) is 5.75 Å². The van der Waals surface area contributed by atoms with Gasteiger partial charge >= 0.3 is 5.97 Å². The van der Waals surface area contributed by atoms with Crippen molar-refractivity contribution in [2.24, 2.45) is 0 Å². The van der Waals surface area contributed by atoms with Crippen molar-refractivity contribution in [3.05, 3.63) is 64.7 Å². The summed E-state index contributed by atoms with van der Waals surface area (Å²) in [5.41, 5.74) is 1.37. The molecule has 0 fully saturated rings. The largest absolute Gasteiger partial charge is 0.481 e. The molecule has 0 unspecified atom stereocenters. The second-order valence-electron chi connectivity index (χ2n) is 5.60. The Morgan fingerprint density at radius 1 is 1.16 bits per heavy atom. The fraction of sp³-hybridized carbons (Fsp3) is 0.263. The average Bonchev–Trinajstić information content (AvgIpc) is 2.61. The van der Waals surface area contributed by atoms with Crippen LogP contribution in [-0.4, -0.2) is 37.0 Å². The zero-order valence-electron chi connectivity index (χ0n) is 14.4. The number of likely N-dealkylation sites (N-methyl/N-ethyl adjacent to an activating group) is 1. The van der Waals surface area contributed by atoms with Crippen LogP contribution in [0.15, 0.2) is 48.5 Å². The zero-order valence-corrected chi connectivity index (χ0v) is 15.1. The van der Waals surface area contributed by atoms with Gasteiger partial charge in [0.05, 0.1) is 12.7 Å². The van der Waals surface area contributed by atoms with E-state index in [-0.39, 0.29) is 11.9 Å². The van der Waals surface area contributed by atoms with Crippen LogP contribution in [0, 0.1) is 0 Å². The smallest absolute Gasteiger partial charge is 0.337 e. The molecule has 0 radical (unpaired) electrons. The molecule has 6 heteroatoms. The van der Waals surface area contributed by atoms with Gasteiger partial charge in [-0.05, 0) is 42.8 Å². The molecule has 1 atom stereocenters. The number of hydrogen-bond donors (Lipinski definition) is 0. The van der Waals surface area contributed by atoms with Gasteiger partial charge in [-0.25, -0.2) is 4.79 Å². The van der Waals surface area contributed by atoms with Crippen molar-refractivity contribution < 1.29 is 19.1 Å². The highest BCUT2D eigenvalue weighted by molar-refractivity contribution is 6.30. The van der Waals surface area contributed by atoms with Crippen molar-refractivity contribution in [3.8, 4) is 5.75 Å². The normalized spacial score (nSPS) is 11.5. The summed E-state index contributed by atoms with van der Waals surface area (Å²) in [5.74, 6) is 0.000672. The number of carbonyl (C=O) groups excluding carboxylic acids is 2. The molecule has 0 aliphatic heterocycles. The lowest BCUT2D eigenvalue weighted by Crippen LogP contribution is -2.37. The first-order chi connectivity index (χ1) is 11.9. The standard InChI is InChI=1S/C19H20ClNO4/c1-13(25-17-6-4-5-16(20)11-17)18(22)21(2)12-14-7-9-15(10-8-14)19(23)24-3/h4-11,13H,12H2,1-3H3/t13-/m1/s1. The Labute approximate surface area is 152 Å². The van der Waals surface area contributed by atoms with Crippen molar-refractivity contribution in [2.75, 3.05) is 14.2 Å². The predicted octanol–water partition coefficient (Wildman–Crippen LogP) is 3.55. The minimum atomic E-state index is -0.641. The van der Waals surface area contributed by atoms with Crippen LogP contribution in [0.4, 0.5) is 0 Å². The van der Waals surface area contributed by atoms with E-state index in [9.17, 15) is 9.59 Å². The summed E-state index contributed by atoms with van der Waals surface area (Å²) >= 11 is 5.91. The average molecular weight is 362 g/mol. The number of benzene rings is 2. The summed E-state index contributed by atoms with van der Waals surface area (Å²) in [4.78, 5) is 25.5. The Morgan fingerprint density at radius 2 is 1.84 bits per heavy atom. The molecule has 1 amide bonds. The maximum absolute atomic E-state index is 12.5. The molecule has 0 aliphatic rings. The number of esters is 1. The molecule has 132 valence electrons. The Bertz CT molecular complexity index is 745. The van der Waals surface area contributed by atoms with Crippen LogP contribution in [0.2, 0.25) is 5.02 Å². The van der Waals surface area contributed by atoms with Crippen LogP contribution in [0.25, 0.3) is 0 Å².